The fraction of sp³-hybridized carbons (Fsp3) is 0.667. The highest BCUT2D eigenvalue weighted by Crippen LogP contribution is 2.20. The lowest BCUT2D eigenvalue weighted by atomic mass is 10.2. The first kappa shape index (κ1) is 19.5. The molecule has 0 radical (unpaired) electrons. The van der Waals surface area contributed by atoms with Gasteiger partial charge in [-0.15, -0.1) is 0 Å². The van der Waals surface area contributed by atoms with E-state index in [0.29, 0.717) is 23.5 Å². The number of piperazine rings is 1. The molecule has 148 valence electrons. The standard InChI is InChI=1S/C18H28N6O3/c1-6-22-7-9-23(10-8-22)11-14-19-16-15(24(14)12(2)13(3)25)17(26)21(5)18(27)20(16)4/h12H,6-11H2,1-5H3/t12-/m1/s1. The number of rotatable bonds is 5. The van der Waals surface area contributed by atoms with Crippen molar-refractivity contribution in [2.45, 2.75) is 33.4 Å². The van der Waals surface area contributed by atoms with Gasteiger partial charge < -0.3 is 9.47 Å². The van der Waals surface area contributed by atoms with Crippen LogP contribution in [-0.4, -0.2) is 67.0 Å². The van der Waals surface area contributed by atoms with Gasteiger partial charge in [-0.25, -0.2) is 9.78 Å². The van der Waals surface area contributed by atoms with Gasteiger partial charge in [0.1, 0.15) is 5.82 Å². The van der Waals surface area contributed by atoms with E-state index < -0.39 is 17.3 Å². The highest BCUT2D eigenvalue weighted by Gasteiger charge is 2.26. The molecule has 2 aromatic rings. The minimum Gasteiger partial charge on any atom is -0.311 e. The third-order valence-electron chi connectivity index (χ3n) is 5.62. The SMILES string of the molecule is CCN1CCN(Cc2nc3c(c(=O)n(C)c(=O)n3C)n2[C@H](C)C(C)=O)CC1. The van der Waals surface area contributed by atoms with Crippen LogP contribution in [0.5, 0.6) is 0 Å². The van der Waals surface area contributed by atoms with Gasteiger partial charge in [0, 0.05) is 40.3 Å². The molecule has 0 N–H and O–H groups in total. The largest absolute Gasteiger partial charge is 0.332 e. The number of hydrogen-bond acceptors (Lipinski definition) is 6. The molecule has 0 bridgehead atoms. The molecule has 1 aliphatic rings. The van der Waals surface area contributed by atoms with E-state index in [9.17, 15) is 14.4 Å². The third kappa shape index (κ3) is 3.37. The fourth-order valence-corrected chi connectivity index (χ4v) is 3.63. The van der Waals surface area contributed by atoms with Crippen LogP contribution in [0.3, 0.4) is 0 Å². The van der Waals surface area contributed by atoms with Crippen LogP contribution in [0.15, 0.2) is 9.59 Å². The van der Waals surface area contributed by atoms with Gasteiger partial charge in [-0.1, -0.05) is 6.92 Å². The molecule has 3 rings (SSSR count). The van der Waals surface area contributed by atoms with Gasteiger partial charge in [0.15, 0.2) is 16.9 Å². The molecule has 9 nitrogen and oxygen atoms in total. The van der Waals surface area contributed by atoms with Crippen molar-refractivity contribution in [3.05, 3.63) is 26.7 Å². The quantitative estimate of drug-likeness (QED) is 0.714. The fourth-order valence-electron chi connectivity index (χ4n) is 3.63. The monoisotopic (exact) mass is 376 g/mol. The van der Waals surface area contributed by atoms with Gasteiger partial charge in [0.05, 0.1) is 12.6 Å². The number of Topliss-reactive ketones (excluding diaryl/α,β-unsaturated/α-hetero) is 1. The zero-order valence-electron chi connectivity index (χ0n) is 16.7. The van der Waals surface area contributed by atoms with Gasteiger partial charge >= 0.3 is 5.69 Å². The van der Waals surface area contributed by atoms with Gasteiger partial charge in [-0.2, -0.15) is 0 Å². The molecule has 27 heavy (non-hydrogen) atoms. The van der Waals surface area contributed by atoms with E-state index in [1.165, 1.54) is 18.5 Å². The Morgan fingerprint density at radius 1 is 1.07 bits per heavy atom. The topological polar surface area (TPSA) is 85.4 Å². The summed E-state index contributed by atoms with van der Waals surface area (Å²) in [4.78, 5) is 46.5. The van der Waals surface area contributed by atoms with Crippen LogP contribution in [0.4, 0.5) is 0 Å². The highest BCUT2D eigenvalue weighted by atomic mass is 16.2. The van der Waals surface area contributed by atoms with Crippen LogP contribution in [0.1, 0.15) is 32.6 Å². The van der Waals surface area contributed by atoms with Gasteiger partial charge in [0.25, 0.3) is 5.56 Å². The maximum Gasteiger partial charge on any atom is 0.332 e. The molecule has 1 saturated heterocycles. The van der Waals surface area contributed by atoms with E-state index in [0.717, 1.165) is 37.3 Å². The number of carbonyl (C=O) groups excluding carboxylic acids is 1. The van der Waals surface area contributed by atoms with Crippen LogP contribution >= 0.6 is 0 Å². The summed E-state index contributed by atoms with van der Waals surface area (Å²) in [7, 11) is 3.05. The summed E-state index contributed by atoms with van der Waals surface area (Å²) in [5.74, 6) is 0.596. The Morgan fingerprint density at radius 2 is 1.67 bits per heavy atom. The van der Waals surface area contributed by atoms with E-state index in [1.807, 2.05) is 0 Å². The Morgan fingerprint density at radius 3 is 2.22 bits per heavy atom. The summed E-state index contributed by atoms with van der Waals surface area (Å²) in [6, 6.07) is -0.521. The average molecular weight is 376 g/mol. The number of aryl methyl sites for hydroxylation is 1. The van der Waals surface area contributed by atoms with Crippen molar-refractivity contribution in [3.8, 4) is 0 Å². The molecule has 0 unspecified atom stereocenters. The summed E-state index contributed by atoms with van der Waals surface area (Å²) >= 11 is 0. The van der Waals surface area contributed by atoms with E-state index >= 15 is 0 Å². The smallest absolute Gasteiger partial charge is 0.311 e. The van der Waals surface area contributed by atoms with Crippen molar-refractivity contribution >= 4 is 16.9 Å². The molecule has 3 heterocycles. The summed E-state index contributed by atoms with van der Waals surface area (Å²) < 4.78 is 4.15. The van der Waals surface area contributed by atoms with E-state index in [2.05, 4.69) is 21.7 Å². The Bertz CT molecular complexity index is 978. The van der Waals surface area contributed by atoms with Crippen LogP contribution in [-0.2, 0) is 25.4 Å². The third-order valence-corrected chi connectivity index (χ3v) is 5.62. The van der Waals surface area contributed by atoms with Gasteiger partial charge in [0.2, 0.25) is 0 Å². The summed E-state index contributed by atoms with van der Waals surface area (Å²) in [5.41, 5.74) is -0.200. The highest BCUT2D eigenvalue weighted by molar-refractivity contribution is 5.82. The number of imidazole rings is 1. The zero-order chi connectivity index (χ0) is 19.9. The Kier molecular flexibility index (Phi) is 5.34. The molecule has 0 aromatic carbocycles. The molecule has 0 amide bonds. The maximum atomic E-state index is 12.8. The molecule has 1 fully saturated rings. The second kappa shape index (κ2) is 7.40. The summed E-state index contributed by atoms with van der Waals surface area (Å²) in [6.07, 6.45) is 0. The summed E-state index contributed by atoms with van der Waals surface area (Å²) in [6.45, 7) is 10.8. The van der Waals surface area contributed by atoms with E-state index in [4.69, 9.17) is 0 Å². The lowest BCUT2D eigenvalue weighted by molar-refractivity contribution is -0.119. The second-order valence-corrected chi connectivity index (χ2v) is 7.27. The van der Waals surface area contributed by atoms with Crippen molar-refractivity contribution < 1.29 is 4.79 Å². The summed E-state index contributed by atoms with van der Waals surface area (Å²) in [5, 5.41) is 0. The molecule has 0 saturated carbocycles. The number of ketones is 1. The molecule has 1 atom stereocenters. The number of aromatic nitrogens is 4. The molecule has 2 aromatic heterocycles. The first-order chi connectivity index (χ1) is 12.8. The van der Waals surface area contributed by atoms with Gasteiger partial charge in [-0.3, -0.25) is 23.6 Å². The molecule has 1 aliphatic heterocycles. The number of carbonyl (C=O) groups is 1. The lowest BCUT2D eigenvalue weighted by Crippen LogP contribution is -2.46. The van der Waals surface area contributed by atoms with Crippen LogP contribution in [0.2, 0.25) is 0 Å². The predicted octanol–water partition coefficient (Wildman–Crippen LogP) is -0.279. The Balaban J connectivity index is 2.12. The van der Waals surface area contributed by atoms with Crippen molar-refractivity contribution in [1.82, 2.24) is 28.5 Å². The van der Waals surface area contributed by atoms with Crippen molar-refractivity contribution in [2.75, 3.05) is 32.7 Å². The molecular formula is C18H28N6O3. The zero-order valence-corrected chi connectivity index (χ0v) is 16.7. The normalized spacial score (nSPS) is 17.5. The van der Waals surface area contributed by atoms with Crippen molar-refractivity contribution in [2.24, 2.45) is 14.1 Å². The van der Waals surface area contributed by atoms with Crippen molar-refractivity contribution in [1.29, 1.82) is 0 Å². The second-order valence-electron chi connectivity index (χ2n) is 7.27. The van der Waals surface area contributed by atoms with Crippen LogP contribution in [0, 0.1) is 0 Å². The average Bonchev–Trinajstić information content (AvgIpc) is 3.03. The minimum absolute atomic E-state index is 0.0535. The number of fused-ring (bicyclic) bond motifs is 1. The first-order valence-corrected chi connectivity index (χ1v) is 9.38. The minimum atomic E-state index is -0.521. The predicted molar refractivity (Wildman–Crippen MR) is 103 cm³/mol. The molecule has 0 spiro atoms. The Labute approximate surface area is 157 Å². The molecular weight excluding hydrogens is 348 g/mol. The van der Waals surface area contributed by atoms with E-state index in [1.54, 1.807) is 18.5 Å². The molecule has 9 heteroatoms. The number of hydrogen-bond donors (Lipinski definition) is 0. The number of nitrogens with zero attached hydrogens (tertiary/aromatic N) is 6. The Hall–Kier alpha value is -2.26. The lowest BCUT2D eigenvalue weighted by Gasteiger charge is -2.34. The number of likely N-dealkylation sites (N-methyl/N-ethyl adjacent to an activating group) is 1. The van der Waals surface area contributed by atoms with Crippen LogP contribution in [0.25, 0.3) is 11.2 Å². The van der Waals surface area contributed by atoms with Gasteiger partial charge in [-0.05, 0) is 20.4 Å². The van der Waals surface area contributed by atoms with E-state index in [-0.39, 0.29) is 5.78 Å². The first-order valence-electron chi connectivity index (χ1n) is 9.38. The van der Waals surface area contributed by atoms with Crippen molar-refractivity contribution in [3.63, 3.8) is 0 Å². The maximum absolute atomic E-state index is 12.8. The van der Waals surface area contributed by atoms with Crippen LogP contribution < -0.4 is 11.2 Å². The molecule has 0 aliphatic carbocycles.